The third-order valence-corrected chi connectivity index (χ3v) is 3.29. The summed E-state index contributed by atoms with van der Waals surface area (Å²) in [5.74, 6) is -1.09. The molecule has 1 fully saturated rings. The lowest BCUT2D eigenvalue weighted by molar-refractivity contribution is -0.0181. The lowest BCUT2D eigenvalue weighted by atomic mass is 9.95. The van der Waals surface area contributed by atoms with E-state index < -0.39 is 35.5 Å². The molecule has 2 rings (SSSR count). The maximum atomic E-state index is 13.9. The van der Waals surface area contributed by atoms with E-state index in [1.165, 1.54) is 0 Å². The molecule has 1 saturated heterocycles. The van der Waals surface area contributed by atoms with E-state index in [1.807, 2.05) is 0 Å². The molecule has 0 saturated carbocycles. The van der Waals surface area contributed by atoms with Crippen LogP contribution in [0.3, 0.4) is 0 Å². The van der Waals surface area contributed by atoms with Crippen LogP contribution in [-0.2, 0) is 9.47 Å². The van der Waals surface area contributed by atoms with Gasteiger partial charge in [0.05, 0.1) is 6.04 Å². The van der Waals surface area contributed by atoms with Crippen LogP contribution in [0.1, 0.15) is 45.3 Å². The Kier molecular flexibility index (Phi) is 5.01. The summed E-state index contributed by atoms with van der Waals surface area (Å²) in [6, 6.07) is 2.76. The van der Waals surface area contributed by atoms with Gasteiger partial charge in [0, 0.05) is 12.2 Å². The fourth-order valence-electron chi connectivity index (χ4n) is 2.43. The van der Waals surface area contributed by atoms with Crippen molar-refractivity contribution in [3.63, 3.8) is 0 Å². The van der Waals surface area contributed by atoms with Gasteiger partial charge in [-0.3, -0.25) is 0 Å². The first kappa shape index (κ1) is 16.7. The van der Waals surface area contributed by atoms with E-state index in [2.05, 4.69) is 5.32 Å². The molecule has 0 bridgehead atoms. The third kappa shape index (κ3) is 4.40. The van der Waals surface area contributed by atoms with Crippen molar-refractivity contribution >= 4 is 6.09 Å². The fraction of sp³-hybridized carbons (Fsp3) is 0.562. The van der Waals surface area contributed by atoms with Crippen molar-refractivity contribution in [3.8, 4) is 0 Å². The second kappa shape index (κ2) is 6.60. The van der Waals surface area contributed by atoms with Crippen molar-refractivity contribution in [2.75, 3.05) is 6.61 Å². The second-order valence-electron chi connectivity index (χ2n) is 6.35. The summed E-state index contributed by atoms with van der Waals surface area (Å²) in [4.78, 5) is 11.9. The molecular weight excluding hydrogens is 292 g/mol. The molecule has 122 valence electrons. The topological polar surface area (TPSA) is 47.6 Å². The number of carbonyl (C=O) groups is 1. The molecular formula is C16H21F2NO3. The maximum absolute atomic E-state index is 13.9. The highest BCUT2D eigenvalue weighted by molar-refractivity contribution is 5.68. The minimum atomic E-state index is -0.725. The smallest absolute Gasteiger partial charge is 0.407 e. The minimum absolute atomic E-state index is 0.112. The maximum Gasteiger partial charge on any atom is 0.407 e. The van der Waals surface area contributed by atoms with Crippen LogP contribution in [0.4, 0.5) is 13.6 Å². The van der Waals surface area contributed by atoms with Gasteiger partial charge < -0.3 is 14.8 Å². The van der Waals surface area contributed by atoms with Crippen molar-refractivity contribution in [1.29, 1.82) is 0 Å². The Morgan fingerprint density at radius 1 is 1.36 bits per heavy atom. The van der Waals surface area contributed by atoms with Gasteiger partial charge in [0.2, 0.25) is 0 Å². The van der Waals surface area contributed by atoms with E-state index in [1.54, 1.807) is 20.8 Å². The summed E-state index contributed by atoms with van der Waals surface area (Å²) in [7, 11) is 0. The lowest BCUT2D eigenvalue weighted by Crippen LogP contribution is -2.45. The standard InChI is InChI=1S/C16H21F2NO3/c1-16(2,3)22-15(20)19-13-5-4-8-21-14(13)11-9-10(17)6-7-12(11)18/h6-7,9,13-14H,4-5,8H2,1-3H3,(H,19,20)/t13?,14-/m1/s1. The molecule has 6 heteroatoms. The number of rotatable bonds is 2. The van der Waals surface area contributed by atoms with Gasteiger partial charge in [-0.25, -0.2) is 13.6 Å². The largest absolute Gasteiger partial charge is 0.444 e. The van der Waals surface area contributed by atoms with Gasteiger partial charge in [0.1, 0.15) is 23.3 Å². The van der Waals surface area contributed by atoms with Crippen molar-refractivity contribution in [2.45, 2.75) is 51.4 Å². The molecule has 1 aliphatic heterocycles. The highest BCUT2D eigenvalue weighted by Crippen LogP contribution is 2.31. The Bertz CT molecular complexity index is 543. The van der Waals surface area contributed by atoms with Crippen molar-refractivity contribution < 1.29 is 23.0 Å². The Balaban J connectivity index is 2.14. The molecule has 1 heterocycles. The zero-order chi connectivity index (χ0) is 16.3. The highest BCUT2D eigenvalue weighted by atomic mass is 19.1. The molecule has 0 radical (unpaired) electrons. The molecule has 1 amide bonds. The van der Waals surface area contributed by atoms with Crippen LogP contribution >= 0.6 is 0 Å². The van der Waals surface area contributed by atoms with Crippen molar-refractivity contribution in [3.05, 3.63) is 35.4 Å². The molecule has 0 aromatic heterocycles. The molecule has 1 aromatic rings. The van der Waals surface area contributed by atoms with Crippen LogP contribution in [0.25, 0.3) is 0 Å². The summed E-state index contributed by atoms with van der Waals surface area (Å²) in [5.41, 5.74) is -0.514. The molecule has 0 spiro atoms. The first-order valence-electron chi connectivity index (χ1n) is 7.32. The summed E-state index contributed by atoms with van der Waals surface area (Å²) < 4.78 is 38.1. The quantitative estimate of drug-likeness (QED) is 0.905. The predicted molar refractivity (Wildman–Crippen MR) is 77.4 cm³/mol. The number of hydrogen-bond donors (Lipinski definition) is 1. The van der Waals surface area contributed by atoms with E-state index in [-0.39, 0.29) is 5.56 Å². The molecule has 0 aliphatic carbocycles. The summed E-state index contributed by atoms with van der Waals surface area (Å²) >= 11 is 0. The van der Waals surface area contributed by atoms with Crippen LogP contribution in [0.15, 0.2) is 18.2 Å². The van der Waals surface area contributed by atoms with Crippen LogP contribution in [-0.4, -0.2) is 24.3 Å². The van der Waals surface area contributed by atoms with E-state index in [9.17, 15) is 13.6 Å². The van der Waals surface area contributed by atoms with E-state index in [0.29, 0.717) is 13.0 Å². The molecule has 1 N–H and O–H groups in total. The molecule has 1 unspecified atom stereocenters. The van der Waals surface area contributed by atoms with Crippen LogP contribution in [0.5, 0.6) is 0 Å². The van der Waals surface area contributed by atoms with Crippen LogP contribution in [0, 0.1) is 11.6 Å². The number of benzene rings is 1. The number of carbonyl (C=O) groups excluding carboxylic acids is 1. The van der Waals surface area contributed by atoms with Gasteiger partial charge in [-0.1, -0.05) is 0 Å². The molecule has 4 nitrogen and oxygen atoms in total. The highest BCUT2D eigenvalue weighted by Gasteiger charge is 2.32. The Hall–Kier alpha value is -1.69. The zero-order valence-electron chi connectivity index (χ0n) is 13.0. The normalized spacial score (nSPS) is 22.2. The molecule has 1 aromatic carbocycles. The lowest BCUT2D eigenvalue weighted by Gasteiger charge is -2.33. The predicted octanol–water partition coefficient (Wildman–Crippen LogP) is 3.71. The average molecular weight is 313 g/mol. The third-order valence-electron chi connectivity index (χ3n) is 3.29. The Morgan fingerprint density at radius 3 is 2.77 bits per heavy atom. The fourth-order valence-corrected chi connectivity index (χ4v) is 2.43. The van der Waals surface area contributed by atoms with Gasteiger partial charge in [-0.15, -0.1) is 0 Å². The molecule has 2 atom stereocenters. The number of alkyl carbamates (subject to hydrolysis) is 1. The van der Waals surface area contributed by atoms with Gasteiger partial charge in [0.15, 0.2) is 0 Å². The number of ether oxygens (including phenoxy) is 2. The van der Waals surface area contributed by atoms with E-state index in [4.69, 9.17) is 9.47 Å². The van der Waals surface area contributed by atoms with Crippen molar-refractivity contribution in [1.82, 2.24) is 5.32 Å². The number of nitrogens with one attached hydrogen (secondary N) is 1. The van der Waals surface area contributed by atoms with Gasteiger partial charge in [0.25, 0.3) is 0 Å². The minimum Gasteiger partial charge on any atom is -0.444 e. The monoisotopic (exact) mass is 313 g/mol. The molecule has 22 heavy (non-hydrogen) atoms. The van der Waals surface area contributed by atoms with Crippen LogP contribution in [0.2, 0.25) is 0 Å². The summed E-state index contributed by atoms with van der Waals surface area (Å²) in [6.07, 6.45) is 0.0232. The van der Waals surface area contributed by atoms with E-state index >= 15 is 0 Å². The first-order valence-corrected chi connectivity index (χ1v) is 7.32. The van der Waals surface area contributed by atoms with Gasteiger partial charge in [-0.05, 0) is 51.8 Å². The van der Waals surface area contributed by atoms with Gasteiger partial charge >= 0.3 is 6.09 Å². The second-order valence-corrected chi connectivity index (χ2v) is 6.35. The SMILES string of the molecule is CC(C)(C)OC(=O)NC1CCCO[C@@H]1c1cc(F)ccc1F. The van der Waals surface area contributed by atoms with Crippen molar-refractivity contribution in [2.24, 2.45) is 0 Å². The first-order chi connectivity index (χ1) is 10.3. The summed E-state index contributed by atoms with van der Waals surface area (Å²) in [6.45, 7) is 5.71. The Labute approximate surface area is 128 Å². The number of amides is 1. The van der Waals surface area contributed by atoms with Crippen LogP contribution < -0.4 is 5.32 Å². The average Bonchev–Trinajstić information content (AvgIpc) is 2.40. The Morgan fingerprint density at radius 2 is 2.09 bits per heavy atom. The number of halogens is 2. The summed E-state index contributed by atoms with van der Waals surface area (Å²) in [5, 5.41) is 2.70. The van der Waals surface area contributed by atoms with Gasteiger partial charge in [-0.2, -0.15) is 0 Å². The number of hydrogen-bond acceptors (Lipinski definition) is 3. The van der Waals surface area contributed by atoms with E-state index in [0.717, 1.165) is 24.6 Å². The molecule has 1 aliphatic rings. The zero-order valence-corrected chi connectivity index (χ0v) is 13.0.